The quantitative estimate of drug-likeness (QED) is 0.758. The summed E-state index contributed by atoms with van der Waals surface area (Å²) in [5.41, 5.74) is -0.218. The average molecular weight is 208 g/mol. The zero-order valence-electron chi connectivity index (χ0n) is 8.60. The van der Waals surface area contributed by atoms with Crippen LogP contribution in [0.4, 0.5) is 0 Å². The number of carbonyl (C=O) groups is 2. The summed E-state index contributed by atoms with van der Waals surface area (Å²) >= 11 is 0. The predicted octanol–water partition coefficient (Wildman–Crippen LogP) is 1.50. The van der Waals surface area contributed by atoms with E-state index in [9.17, 15) is 9.59 Å². The fourth-order valence-electron chi connectivity index (χ4n) is 1.08. The molecular weight excluding hydrogens is 196 g/mol. The van der Waals surface area contributed by atoms with Crippen LogP contribution in [0, 0.1) is 0 Å². The predicted molar refractivity (Wildman–Crippen MR) is 53.1 cm³/mol. The third kappa shape index (κ3) is 2.37. The molecule has 1 rings (SSSR count). The molecule has 0 aliphatic carbocycles. The lowest BCUT2D eigenvalue weighted by Crippen LogP contribution is -2.10. The first kappa shape index (κ1) is 11.3. The Morgan fingerprint density at radius 3 is 2.80 bits per heavy atom. The number of rotatable bonds is 4. The van der Waals surface area contributed by atoms with Crippen molar-refractivity contribution in [2.45, 2.75) is 26.2 Å². The molecule has 0 amide bonds. The van der Waals surface area contributed by atoms with Gasteiger partial charge in [-0.1, -0.05) is 13.8 Å². The molecule has 0 saturated heterocycles. The van der Waals surface area contributed by atoms with Crippen molar-refractivity contribution >= 4 is 12.3 Å². The first-order chi connectivity index (χ1) is 7.10. The molecule has 0 fully saturated rings. The van der Waals surface area contributed by atoms with Crippen molar-refractivity contribution in [1.29, 1.82) is 0 Å². The zero-order valence-corrected chi connectivity index (χ0v) is 8.60. The number of aromatic nitrogens is 2. The maximum atomic E-state index is 10.8. The van der Waals surface area contributed by atoms with Crippen LogP contribution < -0.4 is 0 Å². The van der Waals surface area contributed by atoms with Gasteiger partial charge in [-0.05, 0) is 6.42 Å². The van der Waals surface area contributed by atoms with Gasteiger partial charge in [0.1, 0.15) is 5.82 Å². The summed E-state index contributed by atoms with van der Waals surface area (Å²) in [4.78, 5) is 29.2. The Balaban J connectivity index is 3.21. The highest BCUT2D eigenvalue weighted by atomic mass is 16.4. The molecule has 0 radical (unpaired) electrons. The molecular formula is C10H12N2O3. The van der Waals surface area contributed by atoms with Gasteiger partial charge in [-0.15, -0.1) is 0 Å². The number of hydrogen-bond donors (Lipinski definition) is 1. The molecule has 1 unspecified atom stereocenters. The van der Waals surface area contributed by atoms with E-state index in [-0.39, 0.29) is 17.2 Å². The summed E-state index contributed by atoms with van der Waals surface area (Å²) in [5, 5.41) is 8.83. The molecule has 5 nitrogen and oxygen atoms in total. The van der Waals surface area contributed by atoms with E-state index in [0.29, 0.717) is 12.1 Å². The second-order valence-corrected chi connectivity index (χ2v) is 3.26. The Kier molecular flexibility index (Phi) is 3.49. The van der Waals surface area contributed by atoms with E-state index in [1.54, 1.807) is 0 Å². The van der Waals surface area contributed by atoms with Gasteiger partial charge in [-0.25, -0.2) is 14.8 Å². The molecule has 1 N–H and O–H groups in total. The van der Waals surface area contributed by atoms with Crippen molar-refractivity contribution < 1.29 is 14.7 Å². The van der Waals surface area contributed by atoms with E-state index in [2.05, 4.69) is 9.97 Å². The van der Waals surface area contributed by atoms with Gasteiger partial charge in [-0.3, -0.25) is 4.79 Å². The van der Waals surface area contributed by atoms with Crippen molar-refractivity contribution in [3.05, 3.63) is 23.3 Å². The summed E-state index contributed by atoms with van der Waals surface area (Å²) in [6.07, 6.45) is 2.52. The third-order valence-electron chi connectivity index (χ3n) is 2.22. The van der Waals surface area contributed by atoms with E-state index in [0.717, 1.165) is 6.42 Å². The fraction of sp³-hybridized carbons (Fsp3) is 0.400. The second kappa shape index (κ2) is 4.63. The highest BCUT2D eigenvalue weighted by Crippen LogP contribution is 2.15. The maximum Gasteiger partial charge on any atom is 0.355 e. The van der Waals surface area contributed by atoms with E-state index in [1.165, 1.54) is 6.20 Å². The van der Waals surface area contributed by atoms with Crippen LogP contribution in [-0.2, 0) is 0 Å². The Bertz CT molecular complexity index is 390. The molecule has 1 aromatic heterocycles. The molecule has 0 spiro atoms. The standard InChI is InChI=1S/C10H12N2O3/c1-3-6(2)9-11-4-7(5-13)8(12-9)10(14)15/h4-6H,3H2,1-2H3,(H,14,15). The number of carboxylic acid groups (broad SMARTS) is 1. The molecule has 0 bridgehead atoms. The van der Waals surface area contributed by atoms with Crippen molar-refractivity contribution in [3.8, 4) is 0 Å². The topological polar surface area (TPSA) is 80.2 Å². The van der Waals surface area contributed by atoms with Crippen LogP contribution >= 0.6 is 0 Å². The molecule has 80 valence electrons. The number of carboxylic acids is 1. The van der Waals surface area contributed by atoms with E-state index >= 15 is 0 Å². The Labute approximate surface area is 87.2 Å². The number of carbonyl (C=O) groups excluding carboxylic acids is 1. The molecule has 1 heterocycles. The first-order valence-electron chi connectivity index (χ1n) is 4.65. The number of hydrogen-bond acceptors (Lipinski definition) is 4. The van der Waals surface area contributed by atoms with Gasteiger partial charge in [0.25, 0.3) is 0 Å². The number of aldehydes is 1. The van der Waals surface area contributed by atoms with Gasteiger partial charge in [0.05, 0.1) is 5.56 Å². The van der Waals surface area contributed by atoms with Crippen LogP contribution in [0.25, 0.3) is 0 Å². The SMILES string of the molecule is CCC(C)c1ncc(C=O)c(C(=O)O)n1. The summed E-state index contributed by atoms with van der Waals surface area (Å²) in [7, 11) is 0. The molecule has 0 aliphatic heterocycles. The van der Waals surface area contributed by atoms with Crippen LogP contribution in [0.2, 0.25) is 0 Å². The molecule has 0 aromatic carbocycles. The van der Waals surface area contributed by atoms with Crippen LogP contribution in [0.5, 0.6) is 0 Å². The maximum absolute atomic E-state index is 10.8. The summed E-state index contributed by atoms with van der Waals surface area (Å²) in [6, 6.07) is 0. The molecule has 1 atom stereocenters. The van der Waals surface area contributed by atoms with E-state index in [4.69, 9.17) is 5.11 Å². The zero-order chi connectivity index (χ0) is 11.4. The molecule has 15 heavy (non-hydrogen) atoms. The Morgan fingerprint density at radius 2 is 2.33 bits per heavy atom. The van der Waals surface area contributed by atoms with Crippen molar-refractivity contribution in [3.63, 3.8) is 0 Å². The highest BCUT2D eigenvalue weighted by Gasteiger charge is 2.15. The Morgan fingerprint density at radius 1 is 1.67 bits per heavy atom. The van der Waals surface area contributed by atoms with Crippen molar-refractivity contribution in [2.24, 2.45) is 0 Å². The lowest BCUT2D eigenvalue weighted by Gasteiger charge is -2.07. The van der Waals surface area contributed by atoms with Gasteiger partial charge in [-0.2, -0.15) is 0 Å². The minimum absolute atomic E-state index is 0.00885. The normalized spacial score (nSPS) is 12.1. The minimum atomic E-state index is -1.20. The van der Waals surface area contributed by atoms with Gasteiger partial charge >= 0.3 is 5.97 Å². The summed E-state index contributed by atoms with van der Waals surface area (Å²) < 4.78 is 0. The van der Waals surface area contributed by atoms with Crippen LogP contribution in [0.3, 0.4) is 0 Å². The molecule has 0 aliphatic rings. The largest absolute Gasteiger partial charge is 0.476 e. The van der Waals surface area contributed by atoms with Crippen molar-refractivity contribution in [2.75, 3.05) is 0 Å². The van der Waals surface area contributed by atoms with Gasteiger partial charge in [0, 0.05) is 12.1 Å². The lowest BCUT2D eigenvalue weighted by atomic mass is 10.1. The highest BCUT2D eigenvalue weighted by molar-refractivity contribution is 5.94. The Hall–Kier alpha value is -1.78. The summed E-state index contributed by atoms with van der Waals surface area (Å²) in [5.74, 6) is -0.659. The van der Waals surface area contributed by atoms with E-state index in [1.807, 2.05) is 13.8 Å². The molecule has 1 aromatic rings. The lowest BCUT2D eigenvalue weighted by molar-refractivity contribution is 0.0686. The number of aromatic carboxylic acids is 1. The summed E-state index contributed by atoms with van der Waals surface area (Å²) in [6.45, 7) is 3.86. The minimum Gasteiger partial charge on any atom is -0.476 e. The monoisotopic (exact) mass is 208 g/mol. The van der Waals surface area contributed by atoms with Gasteiger partial charge < -0.3 is 5.11 Å². The van der Waals surface area contributed by atoms with Crippen LogP contribution in [-0.4, -0.2) is 27.3 Å². The van der Waals surface area contributed by atoms with Crippen LogP contribution in [0.15, 0.2) is 6.20 Å². The second-order valence-electron chi connectivity index (χ2n) is 3.26. The smallest absolute Gasteiger partial charge is 0.355 e. The fourth-order valence-corrected chi connectivity index (χ4v) is 1.08. The average Bonchev–Trinajstić information content (AvgIpc) is 2.27. The first-order valence-corrected chi connectivity index (χ1v) is 4.65. The molecule has 5 heteroatoms. The third-order valence-corrected chi connectivity index (χ3v) is 2.22. The van der Waals surface area contributed by atoms with E-state index < -0.39 is 5.97 Å². The van der Waals surface area contributed by atoms with Gasteiger partial charge in [0.2, 0.25) is 0 Å². The molecule has 0 saturated carbocycles. The van der Waals surface area contributed by atoms with Crippen LogP contribution in [0.1, 0.15) is 52.9 Å². The number of nitrogens with zero attached hydrogens (tertiary/aromatic N) is 2. The van der Waals surface area contributed by atoms with Gasteiger partial charge in [0.15, 0.2) is 12.0 Å². The van der Waals surface area contributed by atoms with Crippen molar-refractivity contribution in [1.82, 2.24) is 9.97 Å².